The van der Waals surface area contributed by atoms with Gasteiger partial charge in [0.15, 0.2) is 0 Å². The summed E-state index contributed by atoms with van der Waals surface area (Å²) in [5.74, 6) is 0. The lowest BCUT2D eigenvalue weighted by Crippen LogP contribution is -3.00. The van der Waals surface area contributed by atoms with Crippen LogP contribution in [0.5, 0.6) is 0 Å². The molecule has 0 aliphatic carbocycles. The van der Waals surface area contributed by atoms with Gasteiger partial charge in [0.1, 0.15) is 28.8 Å². The zero-order valence-corrected chi connectivity index (χ0v) is 20.9. The minimum absolute atomic E-state index is 0. The summed E-state index contributed by atoms with van der Waals surface area (Å²) in [6, 6.07) is 44.7. The minimum Gasteiger partial charge on any atom is -1.00 e. The lowest BCUT2D eigenvalue weighted by molar-refractivity contribution is -0.00000659. The van der Waals surface area contributed by atoms with E-state index in [1.54, 1.807) is 0 Å². The predicted octanol–water partition coefficient (Wildman–Crippen LogP) is 3.77. The molecule has 0 nitrogen and oxygen atoms in total. The summed E-state index contributed by atoms with van der Waals surface area (Å²) in [5.41, 5.74) is 1.82. The molecule has 0 fully saturated rings. The standard InChI is InChI=1S/C29H30P.BrH/c1-29(2,3)28(24-16-8-4-9-17-24)30(25-18-10-5-11-19-25,26-20-12-6-13-21-26)27-22-14-7-15-23-27;/h4-23,28H,1-3H3;1H/q+1;/p-1. The van der Waals surface area contributed by atoms with E-state index >= 15 is 0 Å². The first kappa shape index (κ1) is 23.5. The van der Waals surface area contributed by atoms with E-state index in [1.165, 1.54) is 21.5 Å². The Morgan fingerprint density at radius 3 is 1.06 bits per heavy atom. The van der Waals surface area contributed by atoms with Crippen LogP contribution in [0, 0.1) is 5.41 Å². The molecule has 0 N–H and O–H groups in total. The van der Waals surface area contributed by atoms with Crippen molar-refractivity contribution in [1.29, 1.82) is 0 Å². The molecule has 0 saturated heterocycles. The van der Waals surface area contributed by atoms with Gasteiger partial charge < -0.3 is 17.0 Å². The maximum absolute atomic E-state index is 2.40. The van der Waals surface area contributed by atoms with E-state index in [0.717, 1.165) is 0 Å². The molecule has 0 spiro atoms. The first-order valence-corrected chi connectivity index (χ1v) is 12.5. The van der Waals surface area contributed by atoms with Crippen molar-refractivity contribution >= 4 is 23.2 Å². The predicted molar refractivity (Wildman–Crippen MR) is 134 cm³/mol. The third-order valence-corrected chi connectivity index (χ3v) is 11.0. The van der Waals surface area contributed by atoms with Crippen LogP contribution in [0.4, 0.5) is 0 Å². The average molecular weight is 489 g/mol. The first-order chi connectivity index (χ1) is 14.5. The number of hydrogen-bond donors (Lipinski definition) is 0. The van der Waals surface area contributed by atoms with Crippen LogP contribution in [0.1, 0.15) is 32.0 Å². The lowest BCUT2D eigenvalue weighted by Gasteiger charge is -2.41. The summed E-state index contributed by atoms with van der Waals surface area (Å²) in [7, 11) is -2.01. The van der Waals surface area contributed by atoms with Gasteiger partial charge in [-0.25, -0.2) is 0 Å². The third kappa shape index (κ3) is 4.54. The van der Waals surface area contributed by atoms with Gasteiger partial charge in [-0.15, -0.1) is 0 Å². The molecule has 0 aliphatic rings. The maximum atomic E-state index is 2.40. The number of hydrogen-bond acceptors (Lipinski definition) is 0. The number of halogens is 1. The van der Waals surface area contributed by atoms with Gasteiger partial charge in [-0.2, -0.15) is 0 Å². The summed E-state index contributed by atoms with van der Waals surface area (Å²) in [5, 5.41) is 4.31. The molecule has 2 heteroatoms. The van der Waals surface area contributed by atoms with Gasteiger partial charge in [-0.3, -0.25) is 0 Å². The summed E-state index contributed by atoms with van der Waals surface area (Å²) in [4.78, 5) is 0. The molecule has 0 aliphatic heterocycles. The second-order valence-corrected chi connectivity index (χ2v) is 12.4. The average Bonchev–Trinajstić information content (AvgIpc) is 2.79. The Morgan fingerprint density at radius 1 is 0.484 bits per heavy atom. The molecule has 158 valence electrons. The molecule has 0 amide bonds. The molecular weight excluding hydrogens is 459 g/mol. The SMILES string of the molecule is CC(C)(C)C(c1ccccc1)[P+](c1ccccc1)(c1ccccc1)c1ccccc1.[Br-]. The third-order valence-electron chi connectivity index (χ3n) is 5.81. The molecule has 1 atom stereocenters. The first-order valence-electron chi connectivity index (χ1n) is 10.6. The van der Waals surface area contributed by atoms with Crippen LogP contribution in [-0.4, -0.2) is 0 Å². The summed E-state index contributed by atoms with van der Waals surface area (Å²) in [6.07, 6.45) is 0. The van der Waals surface area contributed by atoms with E-state index in [-0.39, 0.29) is 22.4 Å². The Kier molecular flexibility index (Phi) is 7.52. The van der Waals surface area contributed by atoms with Gasteiger partial charge in [0.25, 0.3) is 0 Å². The lowest BCUT2D eigenvalue weighted by atomic mass is 9.87. The van der Waals surface area contributed by atoms with Crippen LogP contribution >= 0.6 is 7.26 Å². The zero-order chi connectivity index (χ0) is 21.0. The van der Waals surface area contributed by atoms with E-state index in [4.69, 9.17) is 0 Å². The monoisotopic (exact) mass is 488 g/mol. The fraction of sp³-hybridized carbons (Fsp3) is 0.172. The van der Waals surface area contributed by atoms with Gasteiger partial charge in [0.05, 0.1) is 0 Å². The fourth-order valence-electron chi connectivity index (χ4n) is 4.82. The van der Waals surface area contributed by atoms with E-state index in [2.05, 4.69) is 142 Å². The Bertz CT molecular complexity index is 959. The smallest absolute Gasteiger partial charge is 0.120 e. The van der Waals surface area contributed by atoms with Crippen molar-refractivity contribution in [3.05, 3.63) is 127 Å². The molecule has 31 heavy (non-hydrogen) atoms. The summed E-state index contributed by atoms with van der Waals surface area (Å²) < 4.78 is 0. The highest BCUT2D eigenvalue weighted by Gasteiger charge is 2.57. The Balaban J connectivity index is 0.00000272. The number of benzene rings is 4. The van der Waals surface area contributed by atoms with E-state index in [9.17, 15) is 0 Å². The van der Waals surface area contributed by atoms with E-state index < -0.39 is 7.26 Å². The van der Waals surface area contributed by atoms with Crippen molar-refractivity contribution in [3.63, 3.8) is 0 Å². The van der Waals surface area contributed by atoms with Crippen LogP contribution in [0.25, 0.3) is 0 Å². The van der Waals surface area contributed by atoms with E-state index in [0.29, 0.717) is 5.66 Å². The van der Waals surface area contributed by atoms with Crippen LogP contribution in [0.3, 0.4) is 0 Å². The second kappa shape index (κ2) is 9.94. The fourth-order valence-corrected chi connectivity index (χ4v) is 10.3. The minimum atomic E-state index is -2.01. The molecule has 4 rings (SSSR count). The van der Waals surface area contributed by atoms with Crippen molar-refractivity contribution < 1.29 is 17.0 Å². The van der Waals surface area contributed by atoms with Crippen molar-refractivity contribution in [1.82, 2.24) is 0 Å². The van der Waals surface area contributed by atoms with Crippen molar-refractivity contribution in [2.45, 2.75) is 26.4 Å². The zero-order valence-electron chi connectivity index (χ0n) is 18.4. The van der Waals surface area contributed by atoms with Crippen molar-refractivity contribution in [3.8, 4) is 0 Å². The van der Waals surface area contributed by atoms with Crippen LogP contribution in [0.2, 0.25) is 0 Å². The Morgan fingerprint density at radius 2 is 0.774 bits per heavy atom. The normalized spacial score (nSPS) is 12.6. The quantitative estimate of drug-likeness (QED) is 0.375. The highest BCUT2D eigenvalue weighted by Crippen LogP contribution is 2.71. The van der Waals surface area contributed by atoms with Crippen molar-refractivity contribution in [2.24, 2.45) is 5.41 Å². The van der Waals surface area contributed by atoms with Gasteiger partial charge in [0, 0.05) is 5.41 Å². The topological polar surface area (TPSA) is 0 Å². The second-order valence-electron chi connectivity index (χ2n) is 8.91. The molecular formula is C29H30BrP. The molecule has 4 aromatic rings. The summed E-state index contributed by atoms with van der Waals surface area (Å²) in [6.45, 7) is 7.19. The van der Waals surface area contributed by atoms with Gasteiger partial charge >= 0.3 is 0 Å². The molecule has 1 unspecified atom stereocenters. The van der Waals surface area contributed by atoms with E-state index in [1.807, 2.05) is 0 Å². The molecule has 0 bridgehead atoms. The molecule has 0 aromatic heterocycles. The molecule has 0 heterocycles. The van der Waals surface area contributed by atoms with Crippen molar-refractivity contribution in [2.75, 3.05) is 0 Å². The van der Waals surface area contributed by atoms with Gasteiger partial charge in [0.2, 0.25) is 0 Å². The highest BCUT2D eigenvalue weighted by atomic mass is 79.9. The van der Waals surface area contributed by atoms with Crippen LogP contribution in [-0.2, 0) is 0 Å². The largest absolute Gasteiger partial charge is 1.00 e. The maximum Gasteiger partial charge on any atom is 0.120 e. The Labute approximate surface area is 198 Å². The Hall–Kier alpha value is -2.21. The van der Waals surface area contributed by atoms with Gasteiger partial charge in [-0.1, -0.05) is 106 Å². The van der Waals surface area contributed by atoms with Crippen LogP contribution < -0.4 is 32.9 Å². The van der Waals surface area contributed by atoms with Crippen LogP contribution in [0.15, 0.2) is 121 Å². The molecule has 4 aromatic carbocycles. The van der Waals surface area contributed by atoms with Gasteiger partial charge in [-0.05, 0) is 42.0 Å². The highest BCUT2D eigenvalue weighted by molar-refractivity contribution is 7.96. The molecule has 0 saturated carbocycles. The molecule has 0 radical (unpaired) electrons. The summed E-state index contributed by atoms with van der Waals surface area (Å²) >= 11 is 0. The number of rotatable bonds is 5.